The summed E-state index contributed by atoms with van der Waals surface area (Å²) in [7, 11) is 0. The van der Waals surface area contributed by atoms with E-state index >= 15 is 0 Å². The van der Waals surface area contributed by atoms with Crippen molar-refractivity contribution in [2.45, 2.75) is 118 Å². The number of hydrogen-bond donors (Lipinski definition) is 1. The van der Waals surface area contributed by atoms with E-state index in [1.807, 2.05) is 83.1 Å². The number of ether oxygens (including phenoxy) is 5. The van der Waals surface area contributed by atoms with Gasteiger partial charge < -0.3 is 48.4 Å². The van der Waals surface area contributed by atoms with Crippen LogP contribution in [-0.2, 0) is 23.7 Å². The number of benzene rings is 2. The van der Waals surface area contributed by atoms with E-state index in [0.29, 0.717) is 37.3 Å². The topological polar surface area (TPSA) is 188 Å². The molecule has 384 valence electrons. The number of carbonyl (C=O) groups is 6. The molecule has 69 heavy (non-hydrogen) atoms. The molecule has 6 saturated heterocycles. The van der Waals surface area contributed by atoms with E-state index < -0.39 is 0 Å². The molecule has 6 aliphatic rings. The van der Waals surface area contributed by atoms with Gasteiger partial charge in [0.25, 0.3) is 0 Å². The first kappa shape index (κ1) is 56.0. The number of likely N-dealkylation sites (N-methyl/N-ethyl adjacent to an activating group) is 2. The van der Waals surface area contributed by atoms with Crippen molar-refractivity contribution in [1.82, 2.24) is 19.6 Å². The van der Waals surface area contributed by atoms with Crippen LogP contribution in [0.4, 0.5) is 30.6 Å². The average Bonchev–Trinajstić information content (AvgIpc) is 4.26. The summed E-state index contributed by atoms with van der Waals surface area (Å²) in [4.78, 5) is 80.4. The molecule has 0 saturated carbocycles. The summed E-state index contributed by atoms with van der Waals surface area (Å²) in [5, 5.41) is 8.59. The normalized spacial score (nSPS) is 21.4. The van der Waals surface area contributed by atoms with Crippen LogP contribution in [0, 0.1) is 0 Å². The van der Waals surface area contributed by atoms with E-state index in [1.54, 1.807) is 9.80 Å². The van der Waals surface area contributed by atoms with E-state index in [1.165, 1.54) is 41.2 Å². The highest BCUT2D eigenvalue weighted by Gasteiger charge is 2.33. The third kappa shape index (κ3) is 17.4. The summed E-state index contributed by atoms with van der Waals surface area (Å²) in [5.41, 5.74) is 3.55. The molecule has 2 unspecified atom stereocenters. The lowest BCUT2D eigenvalue weighted by molar-refractivity contribution is 0.0936. The van der Waals surface area contributed by atoms with Crippen LogP contribution < -0.4 is 9.80 Å². The average molecular weight is 967 g/mol. The van der Waals surface area contributed by atoms with Gasteiger partial charge in [-0.05, 0) is 121 Å². The molecule has 0 radical (unpaired) electrons. The molecule has 6 fully saturated rings. The van der Waals surface area contributed by atoms with Crippen molar-refractivity contribution < 1.29 is 57.6 Å². The minimum Gasteiger partial charge on any atom is -0.444 e. The SMILES string of the molecule is C1CCOC1.CCC1CN(CC(=O)c2ccc(N(CC)CC)cc2)C(=O)O1.CCC1CN(CC(=O)c2ccc(N3CCCC3)cc2)C(=O)O1.CCN1C[C@@H](CO)OC1=O.CC[C@@H]1CN(CC)C(=O)O1. The van der Waals surface area contributed by atoms with Crippen molar-refractivity contribution in [3.63, 3.8) is 0 Å². The fourth-order valence-electron chi connectivity index (χ4n) is 8.13. The first-order valence-corrected chi connectivity index (χ1v) is 25.1. The van der Waals surface area contributed by atoms with Gasteiger partial charge in [-0.15, -0.1) is 0 Å². The lowest BCUT2D eigenvalue weighted by Gasteiger charge is -2.21. The van der Waals surface area contributed by atoms with Crippen LogP contribution in [0.3, 0.4) is 0 Å². The molecule has 4 atom stereocenters. The first-order chi connectivity index (χ1) is 33.3. The van der Waals surface area contributed by atoms with Gasteiger partial charge in [0.05, 0.1) is 45.9 Å². The predicted octanol–water partition coefficient (Wildman–Crippen LogP) is 7.50. The molecule has 2 aromatic carbocycles. The molecular weight excluding hydrogens is 889 g/mol. The van der Waals surface area contributed by atoms with Crippen molar-refractivity contribution in [2.75, 3.05) is 108 Å². The zero-order valence-corrected chi connectivity index (χ0v) is 42.1. The Morgan fingerprint density at radius 3 is 1.23 bits per heavy atom. The van der Waals surface area contributed by atoms with Gasteiger partial charge in [-0.25, -0.2) is 19.2 Å². The molecule has 6 heterocycles. The fraction of sp³-hybridized carbons (Fsp3) is 0.647. The van der Waals surface area contributed by atoms with E-state index in [4.69, 9.17) is 28.8 Å². The van der Waals surface area contributed by atoms with Crippen LogP contribution in [0.5, 0.6) is 0 Å². The van der Waals surface area contributed by atoms with Crippen LogP contribution in [0.15, 0.2) is 48.5 Å². The summed E-state index contributed by atoms with van der Waals surface area (Å²) in [6, 6.07) is 15.3. The van der Waals surface area contributed by atoms with Crippen molar-refractivity contribution in [2.24, 2.45) is 0 Å². The lowest BCUT2D eigenvalue weighted by Crippen LogP contribution is -2.31. The van der Waals surface area contributed by atoms with Gasteiger partial charge in [-0.2, -0.15) is 0 Å². The molecular formula is C51H78N6O12. The largest absolute Gasteiger partial charge is 0.444 e. The minimum absolute atomic E-state index is 0.0401. The number of hydrogen-bond acceptors (Lipinski definition) is 14. The summed E-state index contributed by atoms with van der Waals surface area (Å²) < 4.78 is 25.0. The maximum absolute atomic E-state index is 12.3. The summed E-state index contributed by atoms with van der Waals surface area (Å²) in [6.07, 6.45) is 5.89. The number of aliphatic hydroxyl groups is 1. The molecule has 1 N–H and O–H groups in total. The second-order valence-electron chi connectivity index (χ2n) is 17.4. The van der Waals surface area contributed by atoms with Gasteiger partial charge in [0.15, 0.2) is 11.6 Å². The number of aliphatic hydroxyl groups excluding tert-OH is 1. The van der Waals surface area contributed by atoms with Gasteiger partial charge in [0.2, 0.25) is 0 Å². The third-order valence-corrected chi connectivity index (χ3v) is 12.6. The van der Waals surface area contributed by atoms with E-state index in [0.717, 1.165) is 77.4 Å². The summed E-state index contributed by atoms with van der Waals surface area (Å²) in [6.45, 7) is 23.8. The fourth-order valence-corrected chi connectivity index (χ4v) is 8.13. The Morgan fingerprint density at radius 2 is 0.913 bits per heavy atom. The highest BCUT2D eigenvalue weighted by molar-refractivity contribution is 6.00. The third-order valence-electron chi connectivity index (χ3n) is 12.6. The lowest BCUT2D eigenvalue weighted by atomic mass is 10.1. The van der Waals surface area contributed by atoms with E-state index in [-0.39, 0.29) is 80.1 Å². The molecule has 18 heteroatoms. The zero-order chi connectivity index (χ0) is 50.3. The smallest absolute Gasteiger partial charge is 0.410 e. The molecule has 0 aromatic heterocycles. The van der Waals surface area contributed by atoms with Gasteiger partial charge in [0, 0.05) is 75.0 Å². The Balaban J connectivity index is 0.000000204. The number of amides is 4. The van der Waals surface area contributed by atoms with Crippen molar-refractivity contribution >= 4 is 47.3 Å². The molecule has 0 spiro atoms. The molecule has 6 aliphatic heterocycles. The van der Waals surface area contributed by atoms with Gasteiger partial charge in [-0.1, -0.05) is 20.8 Å². The van der Waals surface area contributed by atoms with Crippen LogP contribution in [0.25, 0.3) is 0 Å². The van der Waals surface area contributed by atoms with E-state index in [2.05, 4.69) is 23.6 Å². The standard InChI is InChI=1S/C17H22N2O3.C17H24N2O3.C7H13NO2.C6H11NO3.C4H8O/c1-2-15-11-19(17(21)22-15)12-16(20)13-5-7-14(8-6-13)18-9-3-4-10-18;1-4-15-11-19(17(21)22-15)12-16(20)13-7-9-14(10-8-13)18(5-2)6-3;1-3-6-5-8(4-2)7(9)10-6;1-2-7-3-5(4-8)10-6(7)9;1-2-4-5-3-1/h5-8,15H,2-4,9-12H2,1H3;7-10,15H,4-6,11-12H2,1-3H3;6H,3-5H2,1-2H3;5,8H,2-4H2,1H3;1-4H2/t;;6-;5-;/m..10./s1. The molecule has 0 aliphatic carbocycles. The predicted molar refractivity (Wildman–Crippen MR) is 263 cm³/mol. The molecule has 2 aromatic rings. The summed E-state index contributed by atoms with van der Waals surface area (Å²) >= 11 is 0. The molecule has 4 amide bonds. The van der Waals surface area contributed by atoms with Crippen molar-refractivity contribution in [1.29, 1.82) is 0 Å². The zero-order valence-electron chi connectivity index (χ0n) is 42.1. The van der Waals surface area contributed by atoms with Crippen LogP contribution in [-0.4, -0.2) is 183 Å². The Morgan fingerprint density at radius 1 is 0.536 bits per heavy atom. The quantitative estimate of drug-likeness (QED) is 0.129. The Bertz CT molecular complexity index is 1780. The Hall–Kier alpha value is -5.62. The molecule has 0 bridgehead atoms. The number of cyclic esters (lactones) is 4. The van der Waals surface area contributed by atoms with Crippen molar-refractivity contribution in [3.05, 3.63) is 59.7 Å². The van der Waals surface area contributed by atoms with E-state index in [9.17, 15) is 28.8 Å². The number of carbonyl (C=O) groups excluding carboxylic acids is 6. The second kappa shape index (κ2) is 29.4. The Kier molecular flexibility index (Phi) is 23.9. The summed E-state index contributed by atoms with van der Waals surface area (Å²) in [5.74, 6) is -0.0959. The van der Waals surface area contributed by atoms with Crippen LogP contribution in [0.2, 0.25) is 0 Å². The second-order valence-corrected chi connectivity index (χ2v) is 17.4. The maximum Gasteiger partial charge on any atom is 0.410 e. The van der Waals surface area contributed by atoms with Gasteiger partial charge in [0.1, 0.15) is 24.4 Å². The highest BCUT2D eigenvalue weighted by Crippen LogP contribution is 2.22. The van der Waals surface area contributed by atoms with Gasteiger partial charge in [-0.3, -0.25) is 19.4 Å². The minimum atomic E-state index is -0.389. The molecule has 8 rings (SSSR count). The monoisotopic (exact) mass is 967 g/mol. The van der Waals surface area contributed by atoms with Crippen LogP contribution >= 0.6 is 0 Å². The van der Waals surface area contributed by atoms with Crippen molar-refractivity contribution in [3.8, 4) is 0 Å². The number of ketones is 2. The van der Waals surface area contributed by atoms with Gasteiger partial charge >= 0.3 is 24.4 Å². The maximum atomic E-state index is 12.3. The number of Topliss-reactive ketones (excluding diaryl/α,β-unsaturated/α-hetero) is 2. The number of nitrogens with zero attached hydrogens (tertiary/aromatic N) is 6. The van der Waals surface area contributed by atoms with Crippen LogP contribution in [0.1, 0.15) is 114 Å². The Labute approximate surface area is 409 Å². The number of rotatable bonds is 16. The number of anilines is 2. The highest BCUT2D eigenvalue weighted by atomic mass is 16.6. The first-order valence-electron chi connectivity index (χ1n) is 25.1. The molecule has 18 nitrogen and oxygen atoms in total.